The number of rotatable bonds is 1. The second kappa shape index (κ2) is 4.17. The largest absolute Gasteiger partial charge is 0.236 e. The van der Waals surface area contributed by atoms with Gasteiger partial charge in [-0.3, -0.25) is 0 Å². The normalized spacial score (nSPS) is 10.8. The van der Waals surface area contributed by atoms with Crippen LogP contribution in [0.4, 0.5) is 0 Å². The molecule has 0 saturated carbocycles. The van der Waals surface area contributed by atoms with E-state index in [1.54, 1.807) is 0 Å². The topological polar surface area (TPSA) is 12.9 Å². The predicted octanol–water partition coefficient (Wildman–Crippen LogP) is 4.55. The smallest absolute Gasteiger partial charge is 0.130 e. The third-order valence-corrected chi connectivity index (χ3v) is 3.26. The molecule has 0 aliphatic carbocycles. The van der Waals surface area contributed by atoms with E-state index in [2.05, 4.69) is 36.8 Å². The van der Waals surface area contributed by atoms with Crippen LogP contribution >= 0.6 is 43.5 Å². The van der Waals surface area contributed by atoms with E-state index in [1.807, 2.05) is 24.3 Å². The zero-order chi connectivity index (χ0) is 10.1. The molecule has 0 fully saturated rings. The van der Waals surface area contributed by atoms with Gasteiger partial charge in [0.25, 0.3) is 0 Å². The monoisotopic (exact) mass is 333 g/mol. The highest BCUT2D eigenvalue weighted by atomic mass is 79.9. The molecule has 72 valence electrons. The van der Waals surface area contributed by atoms with Crippen LogP contribution in [0.2, 0.25) is 5.15 Å². The molecular weight excluding hydrogens is 329 g/mol. The summed E-state index contributed by atoms with van der Waals surface area (Å²) in [6, 6.07) is 7.89. The van der Waals surface area contributed by atoms with Gasteiger partial charge in [0.15, 0.2) is 0 Å². The third kappa shape index (κ3) is 1.95. The van der Waals surface area contributed by atoms with Crippen LogP contribution in [0.1, 0.15) is 5.56 Å². The van der Waals surface area contributed by atoms with Gasteiger partial charge in [-0.2, -0.15) is 0 Å². The summed E-state index contributed by atoms with van der Waals surface area (Å²) in [5.74, 6) is 0. The SMILES string of the molecule is Clc1cc(CBr)c2ccc(Br)cc2n1. The number of nitrogens with zero attached hydrogens (tertiary/aromatic N) is 1. The fourth-order valence-electron chi connectivity index (χ4n) is 1.35. The molecule has 0 aliphatic rings. The molecule has 0 aliphatic heterocycles. The van der Waals surface area contributed by atoms with Crippen LogP contribution in [0, 0.1) is 0 Å². The number of fused-ring (bicyclic) bond motifs is 1. The highest BCUT2D eigenvalue weighted by molar-refractivity contribution is 9.10. The molecule has 4 heteroatoms. The molecule has 0 spiro atoms. The second-order valence-electron chi connectivity index (χ2n) is 2.90. The minimum absolute atomic E-state index is 0.532. The van der Waals surface area contributed by atoms with Gasteiger partial charge in [0.05, 0.1) is 5.52 Å². The molecule has 0 saturated heterocycles. The number of hydrogen-bond acceptors (Lipinski definition) is 1. The van der Waals surface area contributed by atoms with Crippen LogP contribution in [0.5, 0.6) is 0 Å². The first-order chi connectivity index (χ1) is 6.70. The van der Waals surface area contributed by atoms with Gasteiger partial charge in [-0.05, 0) is 23.8 Å². The summed E-state index contributed by atoms with van der Waals surface area (Å²) < 4.78 is 1.01. The van der Waals surface area contributed by atoms with Crippen molar-refractivity contribution in [3.05, 3.63) is 39.5 Å². The number of hydrogen-bond donors (Lipinski definition) is 0. The molecule has 0 N–H and O–H groups in total. The van der Waals surface area contributed by atoms with Gasteiger partial charge in [0, 0.05) is 15.2 Å². The standard InChI is InChI=1S/C10H6Br2ClN/c11-5-6-3-10(13)14-9-4-7(12)1-2-8(6)9/h1-4H,5H2. The van der Waals surface area contributed by atoms with Crippen molar-refractivity contribution in [1.29, 1.82) is 0 Å². The molecule has 1 aromatic heterocycles. The maximum atomic E-state index is 5.91. The summed E-state index contributed by atoms with van der Waals surface area (Å²) in [5, 5.41) is 2.45. The Kier molecular flexibility index (Phi) is 3.10. The zero-order valence-corrected chi connectivity index (χ0v) is 11.0. The number of benzene rings is 1. The number of pyridine rings is 1. The minimum atomic E-state index is 0.532. The van der Waals surface area contributed by atoms with Crippen LogP contribution in [-0.2, 0) is 5.33 Å². The Morgan fingerprint density at radius 3 is 2.79 bits per heavy atom. The molecule has 0 radical (unpaired) electrons. The average Bonchev–Trinajstić information content (AvgIpc) is 2.15. The molecule has 2 aromatic rings. The van der Waals surface area contributed by atoms with Crippen molar-refractivity contribution in [1.82, 2.24) is 4.98 Å². The Morgan fingerprint density at radius 2 is 2.07 bits per heavy atom. The Labute approximate surface area is 104 Å². The molecule has 1 nitrogen and oxygen atoms in total. The number of aromatic nitrogens is 1. The quantitative estimate of drug-likeness (QED) is 0.550. The Hall–Kier alpha value is -0.120. The summed E-state index contributed by atoms with van der Waals surface area (Å²) in [4.78, 5) is 4.26. The Balaban J connectivity index is 2.81. The lowest BCUT2D eigenvalue weighted by molar-refractivity contribution is 1.35. The summed E-state index contributed by atoms with van der Waals surface area (Å²) in [7, 11) is 0. The predicted molar refractivity (Wildman–Crippen MR) is 67.1 cm³/mol. The summed E-state index contributed by atoms with van der Waals surface area (Å²) in [6.07, 6.45) is 0. The summed E-state index contributed by atoms with van der Waals surface area (Å²) in [6.45, 7) is 0. The molecule has 1 aromatic carbocycles. The van der Waals surface area contributed by atoms with E-state index in [4.69, 9.17) is 11.6 Å². The maximum Gasteiger partial charge on any atom is 0.130 e. The third-order valence-electron chi connectivity index (χ3n) is 1.97. The molecule has 2 rings (SSSR count). The molecular formula is C10H6Br2ClN. The van der Waals surface area contributed by atoms with Crippen molar-refractivity contribution in [3.63, 3.8) is 0 Å². The first-order valence-corrected chi connectivity index (χ1v) is 6.30. The molecule has 1 heterocycles. The lowest BCUT2D eigenvalue weighted by atomic mass is 10.1. The van der Waals surface area contributed by atoms with Crippen LogP contribution in [0.3, 0.4) is 0 Å². The van der Waals surface area contributed by atoms with Crippen molar-refractivity contribution in [2.75, 3.05) is 0 Å². The maximum absolute atomic E-state index is 5.91. The van der Waals surface area contributed by atoms with Crippen molar-refractivity contribution in [3.8, 4) is 0 Å². The fourth-order valence-corrected chi connectivity index (χ4v) is 2.38. The summed E-state index contributed by atoms with van der Waals surface area (Å²) in [5.41, 5.74) is 2.08. The molecule has 0 bridgehead atoms. The van der Waals surface area contributed by atoms with Crippen molar-refractivity contribution < 1.29 is 0 Å². The molecule has 14 heavy (non-hydrogen) atoms. The molecule has 0 atom stereocenters. The lowest BCUT2D eigenvalue weighted by Gasteiger charge is -2.04. The van der Waals surface area contributed by atoms with E-state index < -0.39 is 0 Å². The minimum Gasteiger partial charge on any atom is -0.236 e. The fraction of sp³-hybridized carbons (Fsp3) is 0.100. The van der Waals surface area contributed by atoms with Gasteiger partial charge < -0.3 is 0 Å². The average molecular weight is 335 g/mol. The second-order valence-corrected chi connectivity index (χ2v) is 4.76. The molecule has 0 amide bonds. The highest BCUT2D eigenvalue weighted by Gasteiger charge is 2.03. The summed E-state index contributed by atoms with van der Waals surface area (Å²) >= 11 is 12.7. The van der Waals surface area contributed by atoms with Gasteiger partial charge in [-0.1, -0.05) is 49.5 Å². The molecule has 0 unspecified atom stereocenters. The zero-order valence-electron chi connectivity index (χ0n) is 7.10. The Morgan fingerprint density at radius 1 is 1.29 bits per heavy atom. The van der Waals surface area contributed by atoms with E-state index in [0.29, 0.717) is 5.15 Å². The first-order valence-electron chi connectivity index (χ1n) is 4.01. The van der Waals surface area contributed by atoms with E-state index in [0.717, 1.165) is 26.3 Å². The Bertz CT molecular complexity index is 480. The van der Waals surface area contributed by atoms with E-state index in [-0.39, 0.29) is 0 Å². The first kappa shape index (κ1) is 10.4. The van der Waals surface area contributed by atoms with Gasteiger partial charge in [0.2, 0.25) is 0 Å². The highest BCUT2D eigenvalue weighted by Crippen LogP contribution is 2.25. The lowest BCUT2D eigenvalue weighted by Crippen LogP contribution is -1.86. The van der Waals surface area contributed by atoms with Gasteiger partial charge in [0.1, 0.15) is 5.15 Å². The van der Waals surface area contributed by atoms with E-state index >= 15 is 0 Å². The van der Waals surface area contributed by atoms with E-state index in [1.165, 1.54) is 0 Å². The van der Waals surface area contributed by atoms with Gasteiger partial charge >= 0.3 is 0 Å². The van der Waals surface area contributed by atoms with Crippen LogP contribution in [0.25, 0.3) is 10.9 Å². The van der Waals surface area contributed by atoms with Crippen molar-refractivity contribution in [2.24, 2.45) is 0 Å². The number of halogens is 3. The van der Waals surface area contributed by atoms with E-state index in [9.17, 15) is 0 Å². The number of alkyl halides is 1. The van der Waals surface area contributed by atoms with Crippen LogP contribution in [-0.4, -0.2) is 4.98 Å². The van der Waals surface area contributed by atoms with Crippen molar-refractivity contribution in [2.45, 2.75) is 5.33 Å². The van der Waals surface area contributed by atoms with Crippen LogP contribution in [0.15, 0.2) is 28.7 Å². The van der Waals surface area contributed by atoms with Gasteiger partial charge in [-0.25, -0.2) is 4.98 Å². The van der Waals surface area contributed by atoms with Gasteiger partial charge in [-0.15, -0.1) is 0 Å². The van der Waals surface area contributed by atoms with Crippen LogP contribution < -0.4 is 0 Å². The van der Waals surface area contributed by atoms with Crippen molar-refractivity contribution >= 4 is 54.4 Å².